The van der Waals surface area contributed by atoms with Crippen LogP contribution in [0.3, 0.4) is 0 Å². The number of benzene rings is 1. The molecule has 40 heavy (non-hydrogen) atoms. The number of imidazole rings is 1. The minimum Gasteiger partial charge on any atom is -0.377 e. The van der Waals surface area contributed by atoms with E-state index in [4.69, 9.17) is 42.2 Å². The lowest BCUT2D eigenvalue weighted by molar-refractivity contribution is -0.132. The number of fused-ring (bicyclic) bond motifs is 1. The lowest BCUT2D eigenvalue weighted by Crippen LogP contribution is -2.48. The first-order valence-corrected chi connectivity index (χ1v) is 14.4. The highest BCUT2D eigenvalue weighted by Gasteiger charge is 2.40. The SMILES string of the molecule is COC(C)(C)C1CCCN1c1nc2nc(C(=[NH2+])OC(N)=O)nc(-c3cccc(Cl)c3)c2n1CC1CCC(C)CC1. The highest BCUT2D eigenvalue weighted by atomic mass is 35.5. The minimum absolute atomic E-state index is 0.0409. The molecule has 1 aromatic carbocycles. The maximum Gasteiger partial charge on any atom is 0.414 e. The summed E-state index contributed by atoms with van der Waals surface area (Å²) in [6, 6.07) is 7.62. The Labute approximate surface area is 239 Å². The first kappa shape index (κ1) is 28.3. The molecule has 2 aliphatic rings. The summed E-state index contributed by atoms with van der Waals surface area (Å²) in [6.45, 7) is 8.23. The number of hydrogen-bond donors (Lipinski definition) is 2. The van der Waals surface area contributed by atoms with Gasteiger partial charge in [-0.2, -0.15) is 9.97 Å². The average molecular weight is 569 g/mol. The predicted molar refractivity (Wildman–Crippen MR) is 155 cm³/mol. The molecule has 5 rings (SSSR count). The number of hydrogen-bond acceptors (Lipinski definition) is 7. The highest BCUT2D eigenvalue weighted by Crippen LogP contribution is 2.39. The smallest absolute Gasteiger partial charge is 0.377 e. The average Bonchev–Trinajstić information content (AvgIpc) is 3.55. The highest BCUT2D eigenvalue weighted by molar-refractivity contribution is 6.30. The van der Waals surface area contributed by atoms with Crippen LogP contribution in [0.5, 0.6) is 0 Å². The molecule has 10 nitrogen and oxygen atoms in total. The fourth-order valence-electron chi connectivity index (χ4n) is 6.15. The molecule has 2 aromatic heterocycles. The van der Waals surface area contributed by atoms with Crippen LogP contribution in [0.15, 0.2) is 24.3 Å². The summed E-state index contributed by atoms with van der Waals surface area (Å²) in [5.41, 5.74) is 7.52. The Hall–Kier alpha value is -3.24. The van der Waals surface area contributed by atoms with Crippen molar-refractivity contribution in [1.82, 2.24) is 19.5 Å². The van der Waals surface area contributed by atoms with E-state index in [0.717, 1.165) is 61.7 Å². The zero-order valence-corrected chi connectivity index (χ0v) is 24.4. The maximum atomic E-state index is 11.5. The molecule has 2 fully saturated rings. The number of rotatable bonds is 7. The molecule has 0 bridgehead atoms. The standard InChI is InChI=1S/C29H38ClN7O3/c1-17-10-12-18(13-11-17)16-37-23-22(19-7-5-8-20(30)15-19)33-26(24(31)40-27(32)38)34-25(23)35-28(37)36-14-6-9-21(36)29(2,3)39-4/h5,7-8,15,17-18,21,31H,6,9-14,16H2,1-4H3,(H2,32,38)/p+1. The zero-order chi connectivity index (χ0) is 28.6. The molecule has 11 heteroatoms. The van der Waals surface area contributed by atoms with Gasteiger partial charge in [-0.25, -0.2) is 15.2 Å². The van der Waals surface area contributed by atoms with Gasteiger partial charge in [0.25, 0.3) is 5.82 Å². The van der Waals surface area contributed by atoms with Gasteiger partial charge < -0.3 is 24.7 Å². The summed E-state index contributed by atoms with van der Waals surface area (Å²) < 4.78 is 13.2. The third-order valence-electron chi connectivity index (χ3n) is 8.53. The minimum atomic E-state index is -1.04. The van der Waals surface area contributed by atoms with E-state index in [1.165, 1.54) is 12.8 Å². The number of carbonyl (C=O) groups is 1. The lowest BCUT2D eigenvalue weighted by atomic mass is 9.83. The summed E-state index contributed by atoms with van der Waals surface area (Å²) in [6.07, 6.45) is 5.74. The van der Waals surface area contributed by atoms with Crippen molar-refractivity contribution < 1.29 is 19.7 Å². The monoisotopic (exact) mass is 568 g/mol. The van der Waals surface area contributed by atoms with Gasteiger partial charge in [0, 0.05) is 30.8 Å². The molecule has 4 N–H and O–H groups in total. The van der Waals surface area contributed by atoms with Gasteiger partial charge in [0.1, 0.15) is 11.2 Å². The van der Waals surface area contributed by atoms with E-state index < -0.39 is 6.09 Å². The van der Waals surface area contributed by atoms with Crippen LogP contribution < -0.4 is 16.0 Å². The Balaban J connectivity index is 1.73. The fourth-order valence-corrected chi connectivity index (χ4v) is 6.34. The molecule has 1 aliphatic heterocycles. The summed E-state index contributed by atoms with van der Waals surface area (Å²) >= 11 is 6.42. The van der Waals surface area contributed by atoms with Crippen LogP contribution in [0.25, 0.3) is 22.4 Å². The van der Waals surface area contributed by atoms with E-state index in [1.54, 1.807) is 7.11 Å². The van der Waals surface area contributed by atoms with Crippen LogP contribution in [0, 0.1) is 11.8 Å². The number of amides is 1. The number of nitrogens with two attached hydrogens (primary N) is 2. The Morgan fingerprint density at radius 2 is 1.93 bits per heavy atom. The predicted octanol–water partition coefficient (Wildman–Crippen LogP) is 3.97. The van der Waals surface area contributed by atoms with Gasteiger partial charge in [0.15, 0.2) is 5.65 Å². The van der Waals surface area contributed by atoms with Crippen LogP contribution in [0.4, 0.5) is 10.7 Å². The van der Waals surface area contributed by atoms with Crippen LogP contribution in [-0.4, -0.2) is 56.8 Å². The van der Waals surface area contributed by atoms with Gasteiger partial charge in [-0.3, -0.25) is 0 Å². The summed E-state index contributed by atoms with van der Waals surface area (Å²) in [5.74, 6) is 1.85. The second-order valence-electron chi connectivity index (χ2n) is 11.7. The van der Waals surface area contributed by atoms with Crippen molar-refractivity contribution in [2.75, 3.05) is 18.6 Å². The molecule has 1 amide bonds. The third-order valence-corrected chi connectivity index (χ3v) is 8.76. The van der Waals surface area contributed by atoms with Gasteiger partial charge in [-0.1, -0.05) is 43.5 Å². The van der Waals surface area contributed by atoms with E-state index in [2.05, 4.69) is 35.2 Å². The number of methoxy groups -OCH3 is 1. The van der Waals surface area contributed by atoms with E-state index in [1.807, 2.05) is 24.3 Å². The van der Waals surface area contributed by atoms with Crippen LogP contribution in [-0.2, 0) is 16.0 Å². The van der Waals surface area contributed by atoms with E-state index in [9.17, 15) is 4.79 Å². The summed E-state index contributed by atoms with van der Waals surface area (Å²) in [4.78, 5) is 28.4. The van der Waals surface area contributed by atoms with Crippen molar-refractivity contribution in [1.29, 1.82) is 0 Å². The van der Waals surface area contributed by atoms with Crippen molar-refractivity contribution >= 4 is 40.7 Å². The molecule has 1 atom stereocenters. The largest absolute Gasteiger partial charge is 0.414 e. The first-order valence-electron chi connectivity index (χ1n) is 14.0. The fraction of sp³-hybridized carbons (Fsp3) is 0.552. The number of anilines is 1. The van der Waals surface area contributed by atoms with Gasteiger partial charge in [-0.15, -0.1) is 0 Å². The van der Waals surface area contributed by atoms with E-state index >= 15 is 0 Å². The number of ether oxygens (including phenoxy) is 2. The number of primary amides is 1. The normalized spacial score (nSPS) is 21.6. The first-order chi connectivity index (χ1) is 19.1. The van der Waals surface area contributed by atoms with Crippen LogP contribution >= 0.6 is 11.6 Å². The Kier molecular flexibility index (Phi) is 8.01. The number of halogens is 1. The van der Waals surface area contributed by atoms with Crippen LogP contribution in [0.1, 0.15) is 65.1 Å². The van der Waals surface area contributed by atoms with Crippen LogP contribution in [0.2, 0.25) is 5.02 Å². The molecule has 1 saturated carbocycles. The molecule has 1 unspecified atom stereocenters. The van der Waals surface area contributed by atoms with Gasteiger partial charge in [0.2, 0.25) is 5.95 Å². The Morgan fingerprint density at radius 3 is 2.60 bits per heavy atom. The van der Waals surface area contributed by atoms with Crippen molar-refractivity contribution in [3.8, 4) is 11.3 Å². The molecule has 3 aromatic rings. The van der Waals surface area contributed by atoms with Crippen molar-refractivity contribution in [2.45, 2.75) is 77.5 Å². The lowest BCUT2D eigenvalue weighted by Gasteiger charge is -2.37. The second-order valence-corrected chi connectivity index (χ2v) is 12.1. The molecule has 214 valence electrons. The molecule has 0 spiro atoms. The Morgan fingerprint density at radius 1 is 1.18 bits per heavy atom. The summed E-state index contributed by atoms with van der Waals surface area (Å²) in [5, 5.41) is 6.65. The molecular formula is C29H39ClN7O3+. The number of nitrogens with zero attached hydrogens (tertiary/aromatic N) is 5. The maximum absolute atomic E-state index is 11.5. The molecule has 1 saturated heterocycles. The topological polar surface area (TPSA) is 134 Å². The molecule has 3 heterocycles. The van der Waals surface area contributed by atoms with Gasteiger partial charge >= 0.3 is 12.0 Å². The summed E-state index contributed by atoms with van der Waals surface area (Å²) in [7, 11) is 1.76. The van der Waals surface area contributed by atoms with E-state index in [-0.39, 0.29) is 23.4 Å². The molecule has 1 aliphatic carbocycles. The van der Waals surface area contributed by atoms with Crippen molar-refractivity contribution in [3.63, 3.8) is 0 Å². The quantitative estimate of drug-likeness (QED) is 0.325. The van der Waals surface area contributed by atoms with Crippen molar-refractivity contribution in [2.24, 2.45) is 17.6 Å². The van der Waals surface area contributed by atoms with Gasteiger partial charge in [0.05, 0.1) is 11.6 Å². The Bertz CT molecular complexity index is 1410. The molecule has 0 radical (unpaired) electrons. The third kappa shape index (κ3) is 5.65. The zero-order valence-electron chi connectivity index (χ0n) is 23.7. The number of aromatic nitrogens is 4. The second kappa shape index (κ2) is 11.3. The molecular weight excluding hydrogens is 530 g/mol. The number of carbonyl (C=O) groups excluding carboxylic acids is 1. The van der Waals surface area contributed by atoms with E-state index in [0.29, 0.717) is 22.3 Å². The van der Waals surface area contributed by atoms with Gasteiger partial charge in [-0.05, 0) is 63.5 Å². The van der Waals surface area contributed by atoms with Crippen molar-refractivity contribution in [3.05, 3.63) is 35.1 Å².